The van der Waals surface area contributed by atoms with Crippen molar-refractivity contribution < 1.29 is 14.3 Å². The molecule has 1 spiro atoms. The average Bonchev–Trinajstić information content (AvgIpc) is 2.98. The standard InChI is InChI=1S/C19H26NO3.3CH3.Sn/c1-18(2,3)23-17(21)20-13-7-11-19(12-8-14-22-19)16(20)15-9-5-4-6-10-15;;;;/h4-6,8-10,16H,7,11-14H2,1-3H3;3*1H3;/t16?,19-;;;;/m1..../s1. The molecule has 1 aromatic carbocycles. The van der Waals surface area contributed by atoms with Gasteiger partial charge in [0.1, 0.15) is 0 Å². The second-order valence-corrected chi connectivity index (χ2v) is 26.1. The fourth-order valence-corrected chi connectivity index (χ4v) is 8.86. The van der Waals surface area contributed by atoms with E-state index in [1.807, 2.05) is 31.7 Å². The Kier molecular flexibility index (Phi) is 5.89. The van der Waals surface area contributed by atoms with Gasteiger partial charge in [-0.3, -0.25) is 0 Å². The molecule has 2 fully saturated rings. The molecule has 3 atom stereocenters. The van der Waals surface area contributed by atoms with Crippen LogP contribution in [0.2, 0.25) is 18.8 Å². The van der Waals surface area contributed by atoms with Crippen LogP contribution in [0.1, 0.15) is 51.6 Å². The van der Waals surface area contributed by atoms with E-state index in [-0.39, 0.29) is 17.7 Å². The Morgan fingerprint density at radius 3 is 2.44 bits per heavy atom. The first-order valence-electron chi connectivity index (χ1n) is 10.2. The zero-order valence-corrected chi connectivity index (χ0v) is 20.6. The summed E-state index contributed by atoms with van der Waals surface area (Å²) in [6, 6.07) is 10.3. The summed E-state index contributed by atoms with van der Waals surface area (Å²) in [4.78, 5) is 22.5. The van der Waals surface area contributed by atoms with Gasteiger partial charge in [0.15, 0.2) is 0 Å². The number of hydrogen-bond donors (Lipinski definition) is 0. The van der Waals surface area contributed by atoms with E-state index in [4.69, 9.17) is 9.47 Å². The van der Waals surface area contributed by atoms with Crippen molar-refractivity contribution >= 4 is 24.5 Å². The Balaban J connectivity index is 1.97. The molecule has 0 radical (unpaired) electrons. The number of likely N-dealkylation sites (tertiary alicyclic amines) is 1. The van der Waals surface area contributed by atoms with E-state index in [9.17, 15) is 4.79 Å². The first-order valence-corrected chi connectivity index (χ1v) is 20.4. The topological polar surface area (TPSA) is 38.8 Å². The Labute approximate surface area is 168 Å². The molecule has 0 bridgehead atoms. The van der Waals surface area contributed by atoms with Gasteiger partial charge in [-0.1, -0.05) is 0 Å². The first-order chi connectivity index (χ1) is 12.5. The van der Waals surface area contributed by atoms with Crippen molar-refractivity contribution in [3.8, 4) is 0 Å². The van der Waals surface area contributed by atoms with Crippen LogP contribution >= 0.6 is 0 Å². The Bertz CT molecular complexity index is 664. The summed E-state index contributed by atoms with van der Waals surface area (Å²) < 4.78 is 13.1. The quantitative estimate of drug-likeness (QED) is 0.516. The maximum atomic E-state index is 13.1. The molecule has 0 aliphatic carbocycles. The van der Waals surface area contributed by atoms with E-state index in [1.54, 1.807) is 0 Å². The molecule has 27 heavy (non-hydrogen) atoms. The third kappa shape index (κ3) is 4.64. The van der Waals surface area contributed by atoms with E-state index < -0.39 is 24.0 Å². The third-order valence-electron chi connectivity index (χ3n) is 5.94. The van der Waals surface area contributed by atoms with Gasteiger partial charge in [-0.25, -0.2) is 0 Å². The van der Waals surface area contributed by atoms with Crippen LogP contribution < -0.4 is 0 Å². The van der Waals surface area contributed by atoms with Crippen molar-refractivity contribution in [3.63, 3.8) is 0 Å². The number of amides is 1. The first kappa shape index (κ1) is 21.0. The maximum absolute atomic E-state index is 13.1. The van der Waals surface area contributed by atoms with Gasteiger partial charge >= 0.3 is 169 Å². The van der Waals surface area contributed by atoms with Crippen molar-refractivity contribution in [2.75, 3.05) is 13.2 Å². The van der Waals surface area contributed by atoms with Crippen LogP contribution in [-0.2, 0) is 9.47 Å². The number of carbonyl (C=O) groups excluding carboxylic acids is 1. The molecule has 0 saturated carbocycles. The van der Waals surface area contributed by atoms with Crippen LogP contribution in [-0.4, -0.2) is 53.7 Å². The molecule has 150 valence electrons. The molecule has 2 aliphatic heterocycles. The second-order valence-electron chi connectivity index (χ2n) is 10.2. The normalized spacial score (nSPS) is 29.2. The Hall–Kier alpha value is -0.751. The Morgan fingerprint density at radius 2 is 1.89 bits per heavy atom. The summed E-state index contributed by atoms with van der Waals surface area (Å²) in [7, 11) is 0. The molecule has 1 aromatic rings. The number of rotatable bonds is 2. The second kappa shape index (κ2) is 7.58. The summed E-state index contributed by atoms with van der Waals surface area (Å²) in [6.07, 6.45) is 2.84. The molecular weight excluding hydrogens is 445 g/mol. The predicted octanol–water partition coefficient (Wildman–Crippen LogP) is 5.63. The molecule has 4 nitrogen and oxygen atoms in total. The van der Waals surface area contributed by atoms with Crippen LogP contribution in [0.25, 0.3) is 0 Å². The Morgan fingerprint density at radius 1 is 1.22 bits per heavy atom. The summed E-state index contributed by atoms with van der Waals surface area (Å²) in [5, 5.41) is 0. The summed E-state index contributed by atoms with van der Waals surface area (Å²) in [5.74, 6) is 0. The molecular formula is C22H35NO3Sn. The number of hydrogen-bond acceptors (Lipinski definition) is 3. The molecule has 5 heteroatoms. The van der Waals surface area contributed by atoms with Crippen molar-refractivity contribution in [3.05, 3.63) is 35.9 Å². The molecule has 0 aromatic heterocycles. The van der Waals surface area contributed by atoms with Crippen LogP contribution in [0.15, 0.2) is 30.3 Å². The van der Waals surface area contributed by atoms with Gasteiger partial charge in [0.25, 0.3) is 0 Å². The van der Waals surface area contributed by atoms with Crippen LogP contribution in [0.4, 0.5) is 4.79 Å². The number of piperidine rings is 1. The van der Waals surface area contributed by atoms with Crippen LogP contribution in [0, 0.1) is 0 Å². The number of ether oxygens (including phenoxy) is 2. The minimum absolute atomic E-state index is 0.0686. The number of carbonyl (C=O) groups is 1. The van der Waals surface area contributed by atoms with E-state index >= 15 is 0 Å². The van der Waals surface area contributed by atoms with Gasteiger partial charge in [0.2, 0.25) is 0 Å². The molecule has 3 rings (SSSR count). The number of benzene rings is 1. The van der Waals surface area contributed by atoms with E-state index in [0.29, 0.717) is 3.93 Å². The van der Waals surface area contributed by atoms with Gasteiger partial charge in [-0.15, -0.1) is 0 Å². The van der Waals surface area contributed by atoms with Gasteiger partial charge in [-0.05, 0) is 0 Å². The molecule has 0 N–H and O–H groups in total. The third-order valence-corrected chi connectivity index (χ3v) is 14.0. The molecule has 1 amide bonds. The van der Waals surface area contributed by atoms with E-state index in [2.05, 4.69) is 39.1 Å². The fraction of sp³-hybridized carbons (Fsp3) is 0.682. The van der Waals surface area contributed by atoms with Crippen molar-refractivity contribution in [2.45, 2.75) is 76.0 Å². The van der Waals surface area contributed by atoms with Gasteiger partial charge in [0, 0.05) is 0 Å². The predicted molar refractivity (Wildman–Crippen MR) is 112 cm³/mol. The van der Waals surface area contributed by atoms with Crippen LogP contribution in [0.5, 0.6) is 0 Å². The molecule has 2 unspecified atom stereocenters. The van der Waals surface area contributed by atoms with Gasteiger partial charge in [0.05, 0.1) is 0 Å². The monoisotopic (exact) mass is 481 g/mol. The SMILES string of the molecule is CC(C)(C)OC(=O)N1CCC[C@@]2(C[CH]([Sn]([CH3])([CH3])[CH3])CO2)C1c1ccccc1. The molecule has 2 aliphatic rings. The van der Waals surface area contributed by atoms with Crippen molar-refractivity contribution in [1.29, 1.82) is 0 Å². The summed E-state index contributed by atoms with van der Waals surface area (Å²) in [6.45, 7) is 7.36. The molecule has 2 saturated heterocycles. The minimum atomic E-state index is -2.08. The van der Waals surface area contributed by atoms with E-state index in [1.165, 1.54) is 0 Å². The van der Waals surface area contributed by atoms with E-state index in [0.717, 1.165) is 38.0 Å². The van der Waals surface area contributed by atoms with Crippen molar-refractivity contribution in [2.24, 2.45) is 0 Å². The number of nitrogens with zero attached hydrogens (tertiary/aromatic N) is 1. The fourth-order valence-electron chi connectivity index (χ4n) is 4.46. The summed E-state index contributed by atoms with van der Waals surface area (Å²) in [5.41, 5.74) is 0.391. The average molecular weight is 480 g/mol. The van der Waals surface area contributed by atoms with Crippen molar-refractivity contribution in [1.82, 2.24) is 4.90 Å². The zero-order chi connectivity index (χ0) is 19.9. The van der Waals surface area contributed by atoms with Crippen LogP contribution in [0.3, 0.4) is 0 Å². The summed E-state index contributed by atoms with van der Waals surface area (Å²) >= 11 is -2.08. The molecule has 2 heterocycles. The van der Waals surface area contributed by atoms with Gasteiger partial charge < -0.3 is 0 Å². The zero-order valence-electron chi connectivity index (χ0n) is 17.7. The van der Waals surface area contributed by atoms with Gasteiger partial charge in [-0.2, -0.15) is 0 Å².